The Morgan fingerprint density at radius 2 is 1.83 bits per heavy atom. The van der Waals surface area contributed by atoms with E-state index in [-0.39, 0.29) is 41.8 Å². The van der Waals surface area contributed by atoms with E-state index in [1.54, 1.807) is 24.3 Å². The lowest BCUT2D eigenvalue weighted by molar-refractivity contribution is 0.0119. The fourth-order valence-electron chi connectivity index (χ4n) is 3.54. The highest BCUT2D eigenvalue weighted by Crippen LogP contribution is 2.33. The van der Waals surface area contributed by atoms with E-state index in [0.29, 0.717) is 13.2 Å². The van der Waals surface area contributed by atoms with Gasteiger partial charge in [-0.3, -0.25) is 4.18 Å². The average molecular weight is 427 g/mol. The molecule has 0 unspecified atom stereocenters. The zero-order chi connectivity index (χ0) is 21.0. The molecule has 2 fully saturated rings. The molecule has 4 rings (SSSR count). The minimum absolute atomic E-state index is 0.0463. The van der Waals surface area contributed by atoms with Gasteiger partial charge >= 0.3 is 0 Å². The van der Waals surface area contributed by atoms with Crippen LogP contribution in [-0.4, -0.2) is 63.9 Å². The van der Waals surface area contributed by atoms with Gasteiger partial charge in [-0.1, -0.05) is 43.7 Å². The van der Waals surface area contributed by atoms with Crippen LogP contribution in [0.1, 0.15) is 25.8 Å². The van der Waals surface area contributed by atoms with Crippen molar-refractivity contribution >= 4 is 10.1 Å². The van der Waals surface area contributed by atoms with E-state index >= 15 is 0 Å². The van der Waals surface area contributed by atoms with Crippen molar-refractivity contribution < 1.29 is 31.9 Å². The van der Waals surface area contributed by atoms with Crippen LogP contribution in [0.4, 0.5) is 0 Å². The Bertz CT molecular complexity index is 790. The molecule has 1 N–H and O–H groups in total. The van der Waals surface area contributed by atoms with Crippen LogP contribution in [0.5, 0.6) is 0 Å². The molecule has 7 nitrogen and oxygen atoms in total. The molecule has 0 aromatic heterocycles. The smallest absolute Gasteiger partial charge is 0.297 e. The van der Waals surface area contributed by atoms with Crippen LogP contribution in [0.2, 0.25) is 0 Å². The first-order valence-electron chi connectivity index (χ1n) is 10.0. The number of aryl methyl sites for hydroxylation is 1. The maximum Gasteiger partial charge on any atom is 0.297 e. The number of aliphatic hydroxyl groups excluding tert-OH is 1. The lowest BCUT2D eigenvalue weighted by atomic mass is 10.0. The van der Waals surface area contributed by atoms with Crippen molar-refractivity contribution in [3.63, 3.8) is 0 Å². The minimum Gasteiger partial charge on any atom is -0.390 e. The standard InChI is InChI=1S/C14H18O5S.C7H12O2/c1-9-3-5-11(6-4-9)20(15,16)19-12-8-18-13-10(2)7-17-14(12)13;1-2-6(8)7-4-3-5-9-7/h3-6,10,12-14H,7-8H2,1-2H3;3-4,6-8H,2,5H2,1H3/t10-,12+,13-,14-;6-,7+/m11/s1. The molecule has 0 spiro atoms. The Morgan fingerprint density at radius 3 is 2.45 bits per heavy atom. The van der Waals surface area contributed by atoms with Gasteiger partial charge in [0.25, 0.3) is 10.1 Å². The summed E-state index contributed by atoms with van der Waals surface area (Å²) in [6.07, 6.45) is 3.33. The van der Waals surface area contributed by atoms with Gasteiger partial charge in [0, 0.05) is 5.92 Å². The average Bonchev–Trinajstić information content (AvgIpc) is 3.43. The maximum absolute atomic E-state index is 12.2. The lowest BCUT2D eigenvalue weighted by Crippen LogP contribution is -2.32. The molecule has 3 aliphatic rings. The van der Waals surface area contributed by atoms with Crippen LogP contribution in [0.3, 0.4) is 0 Å². The highest BCUT2D eigenvalue weighted by atomic mass is 32.2. The van der Waals surface area contributed by atoms with E-state index < -0.39 is 16.2 Å². The van der Waals surface area contributed by atoms with E-state index in [0.717, 1.165) is 12.0 Å². The molecular weight excluding hydrogens is 396 g/mol. The molecular formula is C21H30O7S. The predicted molar refractivity (Wildman–Crippen MR) is 107 cm³/mol. The topological polar surface area (TPSA) is 91.3 Å². The third kappa shape index (κ3) is 5.45. The fourth-order valence-corrected chi connectivity index (χ4v) is 4.62. The van der Waals surface area contributed by atoms with Crippen molar-refractivity contribution in [3.8, 4) is 0 Å². The van der Waals surface area contributed by atoms with Gasteiger partial charge in [0.15, 0.2) is 0 Å². The van der Waals surface area contributed by atoms with E-state index in [2.05, 4.69) is 0 Å². The summed E-state index contributed by atoms with van der Waals surface area (Å²) in [4.78, 5) is 0.164. The van der Waals surface area contributed by atoms with Crippen molar-refractivity contribution in [2.45, 2.75) is 62.6 Å². The molecule has 2 saturated heterocycles. The Hall–Kier alpha value is -1.29. The van der Waals surface area contributed by atoms with Gasteiger partial charge in [-0.15, -0.1) is 0 Å². The first-order chi connectivity index (χ1) is 13.8. The first-order valence-corrected chi connectivity index (χ1v) is 11.4. The van der Waals surface area contributed by atoms with Crippen molar-refractivity contribution in [1.29, 1.82) is 0 Å². The lowest BCUT2D eigenvalue weighted by Gasteiger charge is -2.16. The molecule has 0 aliphatic carbocycles. The second-order valence-electron chi connectivity index (χ2n) is 7.68. The van der Waals surface area contributed by atoms with Crippen LogP contribution in [0, 0.1) is 12.8 Å². The number of benzene rings is 1. The van der Waals surface area contributed by atoms with Crippen LogP contribution in [-0.2, 0) is 28.5 Å². The minimum atomic E-state index is -3.78. The molecule has 3 heterocycles. The predicted octanol–water partition coefficient (Wildman–Crippen LogP) is 2.21. The summed E-state index contributed by atoms with van der Waals surface area (Å²) in [7, 11) is -3.78. The number of fused-ring (bicyclic) bond motifs is 1. The van der Waals surface area contributed by atoms with Crippen molar-refractivity contribution in [2.24, 2.45) is 5.92 Å². The molecule has 0 saturated carbocycles. The third-order valence-corrected chi connectivity index (χ3v) is 6.67. The van der Waals surface area contributed by atoms with Gasteiger partial charge in [-0.2, -0.15) is 8.42 Å². The van der Waals surface area contributed by atoms with Crippen molar-refractivity contribution in [3.05, 3.63) is 42.0 Å². The summed E-state index contributed by atoms with van der Waals surface area (Å²) in [6, 6.07) is 6.60. The van der Waals surface area contributed by atoms with E-state index in [1.165, 1.54) is 0 Å². The first kappa shape index (κ1) is 22.4. The molecule has 1 aromatic rings. The summed E-state index contributed by atoms with van der Waals surface area (Å²) in [5, 5.41) is 9.18. The number of ether oxygens (including phenoxy) is 3. The van der Waals surface area contributed by atoms with Crippen LogP contribution in [0.15, 0.2) is 41.3 Å². The van der Waals surface area contributed by atoms with Crippen LogP contribution >= 0.6 is 0 Å². The Labute approximate surface area is 172 Å². The molecule has 0 bridgehead atoms. The quantitative estimate of drug-likeness (QED) is 0.570. The largest absolute Gasteiger partial charge is 0.390 e. The number of hydrogen-bond acceptors (Lipinski definition) is 7. The Balaban J connectivity index is 0.000000224. The molecule has 6 atom stereocenters. The zero-order valence-electron chi connectivity index (χ0n) is 17.1. The molecule has 1 aromatic carbocycles. The number of hydrogen-bond donors (Lipinski definition) is 1. The van der Waals surface area contributed by atoms with Crippen LogP contribution < -0.4 is 0 Å². The monoisotopic (exact) mass is 426 g/mol. The third-order valence-electron chi connectivity index (χ3n) is 5.32. The van der Waals surface area contributed by atoms with Gasteiger partial charge in [-0.05, 0) is 25.5 Å². The number of aliphatic hydroxyl groups is 1. The second kappa shape index (κ2) is 9.68. The van der Waals surface area contributed by atoms with Crippen molar-refractivity contribution in [2.75, 3.05) is 19.8 Å². The van der Waals surface area contributed by atoms with Crippen molar-refractivity contribution in [1.82, 2.24) is 0 Å². The molecule has 3 aliphatic heterocycles. The van der Waals surface area contributed by atoms with E-state index in [4.69, 9.17) is 18.4 Å². The summed E-state index contributed by atoms with van der Waals surface area (Å²) >= 11 is 0. The second-order valence-corrected chi connectivity index (χ2v) is 9.25. The Kier molecular flexibility index (Phi) is 7.47. The number of rotatable bonds is 5. The van der Waals surface area contributed by atoms with E-state index in [1.807, 2.05) is 32.9 Å². The summed E-state index contributed by atoms with van der Waals surface area (Å²) in [5.41, 5.74) is 1.00. The molecule has 29 heavy (non-hydrogen) atoms. The fraction of sp³-hybridized carbons (Fsp3) is 0.619. The van der Waals surface area contributed by atoms with Gasteiger partial charge in [-0.25, -0.2) is 0 Å². The van der Waals surface area contributed by atoms with Crippen LogP contribution in [0.25, 0.3) is 0 Å². The van der Waals surface area contributed by atoms with Gasteiger partial charge < -0.3 is 19.3 Å². The summed E-state index contributed by atoms with van der Waals surface area (Å²) in [6.45, 7) is 7.37. The SMILES string of the molecule is CC[C@@H](O)[C@@H]1C=CCO1.Cc1ccc(S(=O)(=O)O[C@H]2CO[C@H]3[C@@H]2OC[C@H]3C)cc1. The highest BCUT2D eigenvalue weighted by molar-refractivity contribution is 7.86. The normalized spacial score (nSPS) is 31.9. The summed E-state index contributed by atoms with van der Waals surface area (Å²) in [5.74, 6) is 0.274. The summed E-state index contributed by atoms with van der Waals surface area (Å²) < 4.78 is 46.1. The zero-order valence-corrected chi connectivity index (χ0v) is 17.9. The molecule has 0 amide bonds. The van der Waals surface area contributed by atoms with Gasteiger partial charge in [0.1, 0.15) is 18.3 Å². The van der Waals surface area contributed by atoms with Gasteiger partial charge in [0.05, 0.1) is 36.9 Å². The molecule has 162 valence electrons. The highest BCUT2D eigenvalue weighted by Gasteiger charge is 2.48. The maximum atomic E-state index is 12.2. The Morgan fingerprint density at radius 1 is 1.14 bits per heavy atom. The van der Waals surface area contributed by atoms with E-state index in [9.17, 15) is 13.5 Å². The van der Waals surface area contributed by atoms with Gasteiger partial charge in [0.2, 0.25) is 0 Å². The molecule has 0 radical (unpaired) electrons. The molecule has 8 heteroatoms.